The predicted octanol–water partition coefficient (Wildman–Crippen LogP) is 2.80. The monoisotopic (exact) mass is 220 g/mol. The van der Waals surface area contributed by atoms with Gasteiger partial charge in [-0.2, -0.15) is 0 Å². The summed E-state index contributed by atoms with van der Waals surface area (Å²) in [6.07, 6.45) is -1.98. The van der Waals surface area contributed by atoms with Crippen molar-refractivity contribution >= 4 is 17.9 Å². The quantitative estimate of drug-likeness (QED) is 0.730. The second kappa shape index (κ2) is 4.91. The Morgan fingerprint density at radius 1 is 1.43 bits per heavy atom. The number of hydrogen-bond donors (Lipinski definition) is 0. The van der Waals surface area contributed by atoms with E-state index in [-0.39, 0.29) is 10.8 Å². The molecule has 1 rings (SSSR count). The number of aldehydes is 1. The Morgan fingerprint density at radius 2 is 2.14 bits per heavy atom. The van der Waals surface area contributed by atoms with Crippen LogP contribution in [-0.2, 0) is 0 Å². The zero-order valence-electron chi connectivity index (χ0n) is 7.04. The molecule has 1 aromatic rings. The number of rotatable bonds is 4. The molecule has 0 aromatic heterocycles. The summed E-state index contributed by atoms with van der Waals surface area (Å²) >= 11 is 5.62. The molecule has 0 aliphatic heterocycles. The molecule has 0 atom stereocenters. The standard InChI is InChI=1S/C9H7ClF2O2/c10-7-1-6(4-13)2-8(3-7)14-5-9(11)12/h1-4,9H,5H2. The van der Waals surface area contributed by atoms with Gasteiger partial charge < -0.3 is 4.74 Å². The van der Waals surface area contributed by atoms with Gasteiger partial charge in [-0.15, -0.1) is 0 Å². The Balaban J connectivity index is 2.76. The molecule has 0 radical (unpaired) electrons. The first-order chi connectivity index (χ1) is 6.61. The highest BCUT2D eigenvalue weighted by Crippen LogP contribution is 2.20. The second-order valence-electron chi connectivity index (χ2n) is 2.54. The molecular weight excluding hydrogens is 214 g/mol. The number of ether oxygens (including phenoxy) is 1. The van der Waals surface area contributed by atoms with Crippen molar-refractivity contribution in [3.05, 3.63) is 28.8 Å². The first-order valence-corrected chi connectivity index (χ1v) is 4.16. The summed E-state index contributed by atoms with van der Waals surface area (Å²) < 4.78 is 28.2. The van der Waals surface area contributed by atoms with Gasteiger partial charge in [0.2, 0.25) is 0 Å². The van der Waals surface area contributed by atoms with E-state index in [2.05, 4.69) is 0 Å². The smallest absolute Gasteiger partial charge is 0.272 e. The van der Waals surface area contributed by atoms with Gasteiger partial charge in [-0.25, -0.2) is 8.78 Å². The normalized spacial score (nSPS) is 10.3. The topological polar surface area (TPSA) is 26.3 Å². The van der Waals surface area contributed by atoms with E-state index in [0.717, 1.165) is 0 Å². The molecule has 0 saturated carbocycles. The third kappa shape index (κ3) is 3.30. The first-order valence-electron chi connectivity index (χ1n) is 3.78. The number of hydrogen-bond acceptors (Lipinski definition) is 2. The van der Waals surface area contributed by atoms with E-state index in [4.69, 9.17) is 16.3 Å². The van der Waals surface area contributed by atoms with Gasteiger partial charge >= 0.3 is 0 Å². The Morgan fingerprint density at radius 3 is 2.71 bits per heavy atom. The minimum atomic E-state index is -2.55. The largest absolute Gasteiger partial charge is 0.488 e. The van der Waals surface area contributed by atoms with E-state index < -0.39 is 13.0 Å². The molecule has 0 heterocycles. The van der Waals surface area contributed by atoms with Crippen LogP contribution in [0.2, 0.25) is 5.02 Å². The van der Waals surface area contributed by atoms with E-state index in [9.17, 15) is 13.6 Å². The summed E-state index contributed by atoms with van der Waals surface area (Å²) in [5, 5.41) is 0.277. The maximum atomic E-state index is 11.8. The van der Waals surface area contributed by atoms with E-state index in [1.54, 1.807) is 0 Å². The molecule has 0 saturated heterocycles. The van der Waals surface area contributed by atoms with Crippen LogP contribution in [0.4, 0.5) is 8.78 Å². The van der Waals surface area contributed by atoms with Crippen molar-refractivity contribution in [3.63, 3.8) is 0 Å². The molecule has 0 spiro atoms. The Hall–Kier alpha value is -1.16. The van der Waals surface area contributed by atoms with E-state index >= 15 is 0 Å². The van der Waals surface area contributed by atoms with Crippen LogP contribution in [0.15, 0.2) is 18.2 Å². The summed E-state index contributed by atoms with van der Waals surface area (Å²) in [4.78, 5) is 10.4. The molecule has 76 valence electrons. The molecule has 0 aliphatic rings. The fraction of sp³-hybridized carbons (Fsp3) is 0.222. The highest BCUT2D eigenvalue weighted by atomic mass is 35.5. The first kappa shape index (κ1) is 10.9. The van der Waals surface area contributed by atoms with Crippen molar-refractivity contribution in [3.8, 4) is 5.75 Å². The summed E-state index contributed by atoms with van der Waals surface area (Å²) in [5.74, 6) is 0.167. The number of benzene rings is 1. The number of halogens is 3. The van der Waals surface area contributed by atoms with Crippen molar-refractivity contribution in [2.24, 2.45) is 0 Å². The van der Waals surface area contributed by atoms with E-state index in [0.29, 0.717) is 11.8 Å². The van der Waals surface area contributed by atoms with Crippen LogP contribution in [0.3, 0.4) is 0 Å². The average Bonchev–Trinajstić information content (AvgIpc) is 2.14. The fourth-order valence-corrected chi connectivity index (χ4v) is 1.13. The van der Waals surface area contributed by atoms with Gasteiger partial charge in [0.1, 0.15) is 18.6 Å². The molecular formula is C9H7ClF2O2. The SMILES string of the molecule is O=Cc1cc(Cl)cc(OCC(F)F)c1. The molecule has 1 aromatic carbocycles. The van der Waals surface area contributed by atoms with Crippen LogP contribution >= 0.6 is 11.6 Å². The zero-order chi connectivity index (χ0) is 10.6. The van der Waals surface area contributed by atoms with Crippen molar-refractivity contribution in [2.75, 3.05) is 6.61 Å². The molecule has 0 N–H and O–H groups in total. The minimum Gasteiger partial charge on any atom is -0.488 e. The van der Waals surface area contributed by atoms with Crippen LogP contribution in [-0.4, -0.2) is 19.3 Å². The van der Waals surface area contributed by atoms with E-state index in [1.165, 1.54) is 18.2 Å². The summed E-state index contributed by atoms with van der Waals surface area (Å²) in [5.41, 5.74) is 0.293. The van der Waals surface area contributed by atoms with Crippen molar-refractivity contribution in [1.82, 2.24) is 0 Å². The Kier molecular flexibility index (Phi) is 3.83. The van der Waals surface area contributed by atoms with Crippen molar-refractivity contribution in [2.45, 2.75) is 6.43 Å². The number of carbonyl (C=O) groups is 1. The molecule has 0 fully saturated rings. The van der Waals surface area contributed by atoms with Gasteiger partial charge in [0.05, 0.1) is 0 Å². The number of carbonyl (C=O) groups excluding carboxylic acids is 1. The second-order valence-corrected chi connectivity index (χ2v) is 2.98. The third-order valence-corrected chi connectivity index (χ3v) is 1.62. The number of alkyl halides is 2. The maximum Gasteiger partial charge on any atom is 0.272 e. The maximum absolute atomic E-state index is 11.8. The van der Waals surface area contributed by atoms with E-state index in [1.807, 2.05) is 0 Å². The van der Waals surface area contributed by atoms with Crippen LogP contribution in [0.5, 0.6) is 5.75 Å². The van der Waals surface area contributed by atoms with Gasteiger partial charge in [0.15, 0.2) is 0 Å². The third-order valence-electron chi connectivity index (χ3n) is 1.41. The lowest BCUT2D eigenvalue weighted by Crippen LogP contribution is -2.07. The molecule has 0 unspecified atom stereocenters. The molecule has 5 heteroatoms. The van der Waals surface area contributed by atoms with Crippen LogP contribution in [0, 0.1) is 0 Å². The average molecular weight is 221 g/mol. The van der Waals surface area contributed by atoms with Crippen molar-refractivity contribution < 1.29 is 18.3 Å². The van der Waals surface area contributed by atoms with Crippen molar-refractivity contribution in [1.29, 1.82) is 0 Å². The summed E-state index contributed by atoms with van der Waals surface area (Å²) in [6, 6.07) is 4.14. The minimum absolute atomic E-state index is 0.167. The summed E-state index contributed by atoms with van der Waals surface area (Å²) in [6.45, 7) is -0.710. The van der Waals surface area contributed by atoms with Crippen LogP contribution in [0.25, 0.3) is 0 Å². The van der Waals surface area contributed by atoms with Gasteiger partial charge in [-0.1, -0.05) is 11.6 Å². The molecule has 0 aliphatic carbocycles. The lowest BCUT2D eigenvalue weighted by Gasteiger charge is -2.05. The molecule has 14 heavy (non-hydrogen) atoms. The molecule has 2 nitrogen and oxygen atoms in total. The highest BCUT2D eigenvalue weighted by Gasteiger charge is 2.05. The molecule has 0 amide bonds. The lowest BCUT2D eigenvalue weighted by atomic mass is 10.2. The summed E-state index contributed by atoms with van der Waals surface area (Å²) in [7, 11) is 0. The Labute approximate surface area is 84.4 Å². The Bertz CT molecular complexity index is 329. The molecule has 0 bridgehead atoms. The van der Waals surface area contributed by atoms with Crippen LogP contribution < -0.4 is 4.74 Å². The van der Waals surface area contributed by atoms with Gasteiger partial charge in [0.25, 0.3) is 6.43 Å². The van der Waals surface area contributed by atoms with Gasteiger partial charge in [-0.05, 0) is 18.2 Å². The fourth-order valence-electron chi connectivity index (χ4n) is 0.895. The van der Waals surface area contributed by atoms with Gasteiger partial charge in [0, 0.05) is 10.6 Å². The predicted molar refractivity (Wildman–Crippen MR) is 48.3 cm³/mol. The highest BCUT2D eigenvalue weighted by molar-refractivity contribution is 6.31. The lowest BCUT2D eigenvalue weighted by molar-refractivity contribution is 0.0819. The zero-order valence-corrected chi connectivity index (χ0v) is 7.80. The van der Waals surface area contributed by atoms with Gasteiger partial charge in [-0.3, -0.25) is 4.79 Å². The van der Waals surface area contributed by atoms with Crippen LogP contribution in [0.1, 0.15) is 10.4 Å².